The van der Waals surface area contributed by atoms with Gasteiger partial charge in [0.2, 0.25) is 0 Å². The van der Waals surface area contributed by atoms with Crippen molar-refractivity contribution in [3.63, 3.8) is 0 Å². The van der Waals surface area contributed by atoms with Crippen LogP contribution in [-0.2, 0) is 16.1 Å². The minimum absolute atomic E-state index is 0.280. The topological polar surface area (TPSA) is 51.2 Å². The van der Waals surface area contributed by atoms with Crippen LogP contribution < -0.4 is 0 Å². The Morgan fingerprint density at radius 1 is 1.57 bits per heavy atom. The first-order valence-corrected chi connectivity index (χ1v) is 4.50. The summed E-state index contributed by atoms with van der Waals surface area (Å²) in [7, 11) is 0. The lowest BCUT2D eigenvalue weighted by atomic mass is 10.2. The van der Waals surface area contributed by atoms with Crippen LogP contribution >= 0.6 is 0 Å². The number of hydrogen-bond acceptors (Lipinski definition) is 4. The summed E-state index contributed by atoms with van der Waals surface area (Å²) in [6.45, 7) is 1.93. The van der Waals surface area contributed by atoms with Crippen molar-refractivity contribution in [2.75, 3.05) is 13.2 Å². The minimum atomic E-state index is 0.280. The molecule has 0 amide bonds. The van der Waals surface area contributed by atoms with E-state index >= 15 is 0 Å². The standard InChI is InChI=1S/C10H11NO3/c12-11-9-3-1-2-8(4-9)5-13-6-10-7-14-10/h1-4,10H,5-7H2. The van der Waals surface area contributed by atoms with Crippen LogP contribution in [0.25, 0.3) is 0 Å². The molecule has 0 N–H and O–H groups in total. The molecule has 1 fully saturated rings. The quantitative estimate of drug-likeness (QED) is 0.530. The molecule has 0 saturated carbocycles. The van der Waals surface area contributed by atoms with E-state index in [1.54, 1.807) is 18.2 Å². The van der Waals surface area contributed by atoms with Crippen molar-refractivity contribution in [2.45, 2.75) is 12.7 Å². The molecule has 0 bridgehead atoms. The van der Waals surface area contributed by atoms with Crippen molar-refractivity contribution in [3.8, 4) is 0 Å². The fourth-order valence-electron chi connectivity index (χ4n) is 1.18. The Morgan fingerprint density at radius 2 is 2.43 bits per heavy atom. The van der Waals surface area contributed by atoms with Gasteiger partial charge in [0.25, 0.3) is 0 Å². The van der Waals surface area contributed by atoms with Crippen LogP contribution in [0.1, 0.15) is 5.56 Å². The highest BCUT2D eigenvalue weighted by molar-refractivity contribution is 5.39. The molecule has 74 valence electrons. The van der Waals surface area contributed by atoms with E-state index in [1.807, 2.05) is 6.07 Å². The summed E-state index contributed by atoms with van der Waals surface area (Å²) in [5.74, 6) is 0. The summed E-state index contributed by atoms with van der Waals surface area (Å²) in [6.07, 6.45) is 0.280. The van der Waals surface area contributed by atoms with Crippen molar-refractivity contribution in [1.29, 1.82) is 0 Å². The second-order valence-corrected chi connectivity index (χ2v) is 3.23. The third-order valence-corrected chi connectivity index (χ3v) is 1.99. The van der Waals surface area contributed by atoms with Crippen molar-refractivity contribution < 1.29 is 9.47 Å². The average Bonchev–Trinajstić information content (AvgIpc) is 3.02. The number of epoxide rings is 1. The van der Waals surface area contributed by atoms with Gasteiger partial charge in [-0.1, -0.05) is 12.1 Å². The van der Waals surface area contributed by atoms with Crippen LogP contribution in [-0.4, -0.2) is 19.3 Å². The summed E-state index contributed by atoms with van der Waals surface area (Å²) < 4.78 is 10.4. The number of nitrogens with zero attached hydrogens (tertiary/aromatic N) is 1. The zero-order valence-electron chi connectivity index (χ0n) is 7.68. The summed E-state index contributed by atoms with van der Waals surface area (Å²) >= 11 is 0. The molecule has 0 aliphatic carbocycles. The number of benzene rings is 1. The number of hydrogen-bond donors (Lipinski definition) is 0. The van der Waals surface area contributed by atoms with E-state index in [-0.39, 0.29) is 6.10 Å². The van der Waals surface area contributed by atoms with Gasteiger partial charge in [0.1, 0.15) is 11.8 Å². The van der Waals surface area contributed by atoms with Crippen LogP contribution in [0.2, 0.25) is 0 Å². The Kier molecular flexibility index (Phi) is 2.86. The first kappa shape index (κ1) is 9.30. The summed E-state index contributed by atoms with van der Waals surface area (Å²) in [6, 6.07) is 7.09. The van der Waals surface area contributed by atoms with Gasteiger partial charge in [-0.2, -0.15) is 0 Å². The Labute approximate surface area is 81.8 Å². The van der Waals surface area contributed by atoms with Gasteiger partial charge in [0.05, 0.1) is 19.8 Å². The number of rotatable bonds is 5. The van der Waals surface area contributed by atoms with Crippen molar-refractivity contribution in [1.82, 2.24) is 0 Å². The van der Waals surface area contributed by atoms with Gasteiger partial charge in [-0.3, -0.25) is 0 Å². The maximum Gasteiger partial charge on any atom is 0.108 e. The van der Waals surface area contributed by atoms with E-state index < -0.39 is 0 Å². The molecule has 4 nitrogen and oxygen atoms in total. The van der Waals surface area contributed by atoms with Gasteiger partial charge in [0.15, 0.2) is 0 Å². The van der Waals surface area contributed by atoms with Crippen molar-refractivity contribution in [3.05, 3.63) is 34.7 Å². The van der Waals surface area contributed by atoms with Crippen LogP contribution in [0.3, 0.4) is 0 Å². The molecule has 1 aromatic rings. The predicted molar refractivity (Wildman–Crippen MR) is 51.3 cm³/mol. The monoisotopic (exact) mass is 193 g/mol. The number of nitroso groups, excluding NO2 is 1. The summed E-state index contributed by atoms with van der Waals surface area (Å²) in [4.78, 5) is 10.2. The molecule has 0 aromatic heterocycles. The zero-order valence-corrected chi connectivity index (χ0v) is 7.68. The lowest BCUT2D eigenvalue weighted by Gasteiger charge is -2.02. The first-order valence-electron chi connectivity index (χ1n) is 4.50. The van der Waals surface area contributed by atoms with E-state index in [1.165, 1.54) is 0 Å². The van der Waals surface area contributed by atoms with Gasteiger partial charge in [-0.05, 0) is 22.9 Å². The number of ether oxygens (including phenoxy) is 2. The highest BCUT2D eigenvalue weighted by Gasteiger charge is 2.22. The molecule has 1 aromatic carbocycles. The molecular weight excluding hydrogens is 182 g/mol. The molecule has 1 atom stereocenters. The summed E-state index contributed by atoms with van der Waals surface area (Å²) in [5, 5.41) is 2.86. The van der Waals surface area contributed by atoms with Gasteiger partial charge in [-0.25, -0.2) is 0 Å². The average molecular weight is 193 g/mol. The van der Waals surface area contributed by atoms with Gasteiger partial charge < -0.3 is 9.47 Å². The molecule has 1 saturated heterocycles. The Hall–Kier alpha value is -1.26. The fraction of sp³-hybridized carbons (Fsp3) is 0.400. The molecule has 0 spiro atoms. The van der Waals surface area contributed by atoms with Gasteiger partial charge in [0, 0.05) is 0 Å². The first-order chi connectivity index (χ1) is 6.88. The minimum Gasteiger partial charge on any atom is -0.374 e. The molecule has 2 rings (SSSR count). The lowest BCUT2D eigenvalue weighted by Crippen LogP contribution is -2.01. The SMILES string of the molecule is O=Nc1cccc(COCC2CO2)c1. The van der Waals surface area contributed by atoms with Crippen LogP contribution in [0.15, 0.2) is 29.4 Å². The highest BCUT2D eigenvalue weighted by Crippen LogP contribution is 2.15. The maximum absolute atomic E-state index is 10.2. The van der Waals surface area contributed by atoms with E-state index in [9.17, 15) is 4.91 Å². The smallest absolute Gasteiger partial charge is 0.108 e. The van der Waals surface area contributed by atoms with Crippen LogP contribution in [0.5, 0.6) is 0 Å². The van der Waals surface area contributed by atoms with E-state index in [4.69, 9.17) is 9.47 Å². The molecule has 1 aliphatic heterocycles. The van der Waals surface area contributed by atoms with E-state index in [0.29, 0.717) is 18.9 Å². The van der Waals surface area contributed by atoms with Crippen LogP contribution in [0, 0.1) is 4.91 Å². The molecule has 4 heteroatoms. The molecule has 14 heavy (non-hydrogen) atoms. The highest BCUT2D eigenvalue weighted by atomic mass is 16.6. The second kappa shape index (κ2) is 4.30. The van der Waals surface area contributed by atoms with E-state index in [2.05, 4.69) is 5.18 Å². The van der Waals surface area contributed by atoms with Gasteiger partial charge >= 0.3 is 0 Å². The third kappa shape index (κ3) is 2.61. The fourth-order valence-corrected chi connectivity index (χ4v) is 1.18. The van der Waals surface area contributed by atoms with Crippen molar-refractivity contribution >= 4 is 5.69 Å². The Balaban J connectivity index is 1.84. The van der Waals surface area contributed by atoms with Crippen LogP contribution in [0.4, 0.5) is 5.69 Å². The largest absolute Gasteiger partial charge is 0.374 e. The molecule has 1 aliphatic rings. The molecule has 1 unspecified atom stereocenters. The molecule has 1 heterocycles. The maximum atomic E-state index is 10.2. The predicted octanol–water partition coefficient (Wildman–Crippen LogP) is 2.00. The Morgan fingerprint density at radius 3 is 3.14 bits per heavy atom. The summed E-state index contributed by atoms with van der Waals surface area (Å²) in [5.41, 5.74) is 1.40. The lowest BCUT2D eigenvalue weighted by molar-refractivity contribution is 0.104. The molecule has 0 radical (unpaired) electrons. The van der Waals surface area contributed by atoms with E-state index in [0.717, 1.165) is 12.2 Å². The zero-order chi connectivity index (χ0) is 9.80. The van der Waals surface area contributed by atoms with Gasteiger partial charge in [-0.15, -0.1) is 4.91 Å². The normalized spacial score (nSPS) is 19.3. The molecular formula is C10H11NO3. The second-order valence-electron chi connectivity index (χ2n) is 3.23. The third-order valence-electron chi connectivity index (χ3n) is 1.99. The Bertz CT molecular complexity index is 323. The van der Waals surface area contributed by atoms with Crippen molar-refractivity contribution in [2.24, 2.45) is 5.18 Å².